The Hall–Kier alpha value is -5.08. The number of hydrogen-bond donors (Lipinski definition) is 17. The summed E-state index contributed by atoms with van der Waals surface area (Å²) in [6, 6.07) is -6.03. The summed E-state index contributed by atoms with van der Waals surface area (Å²) in [6.45, 7) is 0.568. The number of aliphatic hydroxyl groups is 9. The number of ether oxygens (including phenoxy) is 12. The highest BCUT2D eigenvalue weighted by Gasteiger charge is 2.48. The number of carboxylic acid groups (broad SMARTS) is 1. The summed E-state index contributed by atoms with van der Waals surface area (Å²) in [4.78, 5) is 98.8. The number of carboxylic acids is 1. The highest BCUT2D eigenvalue weighted by Crippen LogP contribution is 2.25. The lowest BCUT2D eigenvalue weighted by atomic mass is 9.97. The number of carbonyl (C=O) groups is 8. The molecule has 17 unspecified atom stereocenters. The first-order valence-corrected chi connectivity index (χ1v) is 29.9. The van der Waals surface area contributed by atoms with E-state index < -0.39 is 178 Å². The van der Waals surface area contributed by atoms with Crippen molar-refractivity contribution in [3.05, 3.63) is 0 Å². The smallest absolute Gasteiger partial charge is 0.326 e. The Balaban J connectivity index is 1.39. The van der Waals surface area contributed by atoms with E-state index in [-0.39, 0.29) is 131 Å². The first-order valence-electron chi connectivity index (χ1n) is 29.9. The average Bonchev–Trinajstić information content (AvgIpc) is 0.992. The molecule has 3 rings (SSSR count). The normalized spacial score (nSPS) is 27.2. The Bertz CT molecular complexity index is 2150. The van der Waals surface area contributed by atoms with Crippen LogP contribution in [0.5, 0.6) is 0 Å². The molecule has 37 heteroatoms. The zero-order chi connectivity index (χ0) is 67.3. The zero-order valence-electron chi connectivity index (χ0n) is 51.3. The SMILES string of the molecule is CC(=O)NC1C(OCCOCCOCC(=O)NCCCCC(NC(=O)C(CCCCNC(=O)COCCOCCOC2OC(CO)C(O)C(O)C2NC(C)=O)NC(=O)COCCOCCOC2OC(CO)C(O)C(O)C2NC(C)=O)C(=O)O)OC(CO)C(O)C1O. The molecule has 0 aromatic heterocycles. The Labute approximate surface area is 525 Å². The summed E-state index contributed by atoms with van der Waals surface area (Å²) in [5.74, 6) is -5.40. The van der Waals surface area contributed by atoms with Crippen LogP contribution in [0.3, 0.4) is 0 Å². The molecule has 0 bridgehead atoms. The predicted molar refractivity (Wildman–Crippen MR) is 304 cm³/mol. The minimum atomic E-state index is -1.51. The number of amides is 7. The van der Waals surface area contributed by atoms with Crippen molar-refractivity contribution in [2.75, 3.05) is 132 Å². The number of unbranched alkanes of at least 4 members (excludes halogenated alkanes) is 2. The molecule has 0 radical (unpaired) electrons. The summed E-state index contributed by atoms with van der Waals surface area (Å²) in [5, 5.41) is 118. The van der Waals surface area contributed by atoms with Crippen molar-refractivity contribution in [1.82, 2.24) is 37.2 Å². The third-order valence-electron chi connectivity index (χ3n) is 13.8. The molecule has 3 aliphatic heterocycles. The van der Waals surface area contributed by atoms with Crippen molar-refractivity contribution >= 4 is 47.3 Å². The number of rotatable bonds is 47. The summed E-state index contributed by atoms with van der Waals surface area (Å²) in [7, 11) is 0. The highest BCUT2D eigenvalue weighted by atomic mass is 16.7. The molecule has 3 aliphatic rings. The Kier molecular flexibility index (Phi) is 39.9. The minimum Gasteiger partial charge on any atom is -0.480 e. The molecule has 3 heterocycles. The first kappa shape index (κ1) is 80.2. The quantitative estimate of drug-likeness (QED) is 0.0252. The number of aliphatic hydroxyl groups excluding tert-OH is 9. The summed E-state index contributed by atoms with van der Waals surface area (Å²) < 4.78 is 65.6. The predicted octanol–water partition coefficient (Wildman–Crippen LogP) is -9.41. The first-order chi connectivity index (χ1) is 43.5. The van der Waals surface area contributed by atoms with E-state index >= 15 is 0 Å². The molecule has 0 saturated carbocycles. The maximum absolute atomic E-state index is 13.6. The maximum Gasteiger partial charge on any atom is 0.326 e. The molecule has 0 aromatic carbocycles. The number of aliphatic carboxylic acids is 1. The van der Waals surface area contributed by atoms with E-state index in [2.05, 4.69) is 37.2 Å². The van der Waals surface area contributed by atoms with Gasteiger partial charge in [-0.05, 0) is 38.5 Å². The van der Waals surface area contributed by atoms with Crippen LogP contribution in [0.1, 0.15) is 59.3 Å². The van der Waals surface area contributed by atoms with Gasteiger partial charge < -0.3 is 145 Å². The number of nitrogens with one attached hydrogen (secondary N) is 7. The summed E-state index contributed by atoms with van der Waals surface area (Å²) in [5.41, 5.74) is 0. The van der Waals surface area contributed by atoms with E-state index in [1.165, 1.54) is 20.8 Å². The molecule has 37 nitrogen and oxygen atoms in total. The fraction of sp³-hybridized carbons (Fsp3) is 0.852. The second-order valence-electron chi connectivity index (χ2n) is 21.1. The van der Waals surface area contributed by atoms with Gasteiger partial charge >= 0.3 is 5.97 Å². The number of carbonyl (C=O) groups excluding carboxylic acids is 7. The largest absolute Gasteiger partial charge is 0.480 e. The molecule has 3 fully saturated rings. The molecule has 0 aromatic rings. The summed E-state index contributed by atoms with van der Waals surface area (Å²) >= 11 is 0. The van der Waals surface area contributed by atoms with Crippen molar-refractivity contribution in [1.29, 1.82) is 0 Å². The van der Waals surface area contributed by atoms with Crippen molar-refractivity contribution in [3.8, 4) is 0 Å². The molecule has 0 spiro atoms. The molecular weight excluding hydrogens is 1230 g/mol. The van der Waals surface area contributed by atoms with Crippen LogP contribution >= 0.6 is 0 Å². The minimum absolute atomic E-state index is 0.00493. The lowest BCUT2D eigenvalue weighted by molar-refractivity contribution is -0.272. The van der Waals surface area contributed by atoms with E-state index in [4.69, 9.17) is 56.8 Å². The van der Waals surface area contributed by atoms with Gasteiger partial charge in [0.15, 0.2) is 18.9 Å². The molecule has 0 aliphatic carbocycles. The van der Waals surface area contributed by atoms with Gasteiger partial charge in [0.05, 0.1) is 99.1 Å². The van der Waals surface area contributed by atoms with E-state index in [1.54, 1.807) is 0 Å². The topological polar surface area (TPSA) is 534 Å². The molecule has 91 heavy (non-hydrogen) atoms. The van der Waals surface area contributed by atoms with Gasteiger partial charge in [-0.15, -0.1) is 0 Å². The van der Waals surface area contributed by atoms with Crippen molar-refractivity contribution < 1.29 is 146 Å². The van der Waals surface area contributed by atoms with Crippen molar-refractivity contribution in [2.45, 2.75) is 163 Å². The van der Waals surface area contributed by atoms with Gasteiger partial charge in [-0.2, -0.15) is 0 Å². The third-order valence-corrected chi connectivity index (χ3v) is 13.8. The molecule has 3 saturated heterocycles. The van der Waals surface area contributed by atoms with Gasteiger partial charge in [0.25, 0.3) is 0 Å². The van der Waals surface area contributed by atoms with Gasteiger partial charge in [0.1, 0.15) is 105 Å². The zero-order valence-corrected chi connectivity index (χ0v) is 51.3. The lowest BCUT2D eigenvalue weighted by Crippen LogP contribution is -2.64. The van der Waals surface area contributed by atoms with Crippen LogP contribution in [0.2, 0.25) is 0 Å². The Morgan fingerprint density at radius 1 is 0.396 bits per heavy atom. The van der Waals surface area contributed by atoms with Gasteiger partial charge in [-0.25, -0.2) is 4.79 Å². The van der Waals surface area contributed by atoms with Crippen LogP contribution in [0, 0.1) is 0 Å². The summed E-state index contributed by atoms with van der Waals surface area (Å²) in [6.07, 6.45) is -14.9. The molecule has 526 valence electrons. The lowest BCUT2D eigenvalue weighted by Gasteiger charge is -2.42. The average molecular weight is 1320 g/mol. The third kappa shape index (κ3) is 30.7. The van der Waals surface area contributed by atoms with Crippen LogP contribution in [-0.4, -0.2) is 334 Å². The standard InChI is InChI=1S/C54H95N7O30/c1-30(65)57-41-47(74)44(71)35(24-62)89-52(41)86-21-18-80-12-15-83-27-38(68)55-10-6-4-8-33(60-40(70)29-85-17-14-82-20-23-88-54-43(59-32(3)67)49(76)46(73)37(26-64)91-54)50(77)61-34(51(78)79)9-5-7-11-56-39(69)28-84-16-13-81-19-22-87-53-42(58-31(2)66)48(75)45(72)36(25-63)90-53/h33-37,41-49,52-54,62-64,71-76H,4-29H2,1-3H3,(H,55,68)(H,56,69)(H,57,65)(H,58,66)(H,59,67)(H,60,70)(H,61,77)(H,78,79). The molecule has 17 atom stereocenters. The maximum atomic E-state index is 13.6. The molecule has 7 amide bonds. The number of hydrogen-bond acceptors (Lipinski definition) is 29. The molecular formula is C54H95N7O30. The second kappa shape index (κ2) is 45.3. The van der Waals surface area contributed by atoms with E-state index in [1.807, 2.05) is 0 Å². The Morgan fingerprint density at radius 2 is 0.703 bits per heavy atom. The van der Waals surface area contributed by atoms with E-state index in [0.717, 1.165) is 0 Å². The monoisotopic (exact) mass is 1320 g/mol. The van der Waals surface area contributed by atoms with Crippen LogP contribution in [-0.2, 0) is 95.2 Å². The second-order valence-corrected chi connectivity index (χ2v) is 21.1. The van der Waals surface area contributed by atoms with E-state index in [0.29, 0.717) is 12.8 Å². The van der Waals surface area contributed by atoms with Crippen LogP contribution in [0.4, 0.5) is 0 Å². The van der Waals surface area contributed by atoms with Crippen molar-refractivity contribution in [2.24, 2.45) is 0 Å². The van der Waals surface area contributed by atoms with E-state index in [9.17, 15) is 89.4 Å². The highest BCUT2D eigenvalue weighted by molar-refractivity contribution is 5.90. The van der Waals surface area contributed by atoms with Gasteiger partial charge in [-0.1, -0.05) is 0 Å². The van der Waals surface area contributed by atoms with Gasteiger partial charge in [0.2, 0.25) is 41.4 Å². The van der Waals surface area contributed by atoms with Gasteiger partial charge in [-0.3, -0.25) is 33.6 Å². The fourth-order valence-corrected chi connectivity index (χ4v) is 9.20. The van der Waals surface area contributed by atoms with Crippen LogP contribution < -0.4 is 37.2 Å². The van der Waals surface area contributed by atoms with Gasteiger partial charge in [0, 0.05) is 33.9 Å². The fourth-order valence-electron chi connectivity index (χ4n) is 9.20. The molecule has 17 N–H and O–H groups in total. The Morgan fingerprint density at radius 3 is 1.02 bits per heavy atom. The van der Waals surface area contributed by atoms with Crippen LogP contribution in [0.25, 0.3) is 0 Å². The van der Waals surface area contributed by atoms with Crippen LogP contribution in [0.15, 0.2) is 0 Å². The van der Waals surface area contributed by atoms with Crippen molar-refractivity contribution in [3.63, 3.8) is 0 Å².